The monoisotopic (exact) mass is 491 g/mol. The van der Waals surface area contributed by atoms with Gasteiger partial charge in [0.2, 0.25) is 0 Å². The average Bonchev–Trinajstić information content (AvgIpc) is 3.33. The molecule has 0 N–H and O–H groups in total. The number of ether oxygens (including phenoxy) is 1. The highest BCUT2D eigenvalue weighted by Crippen LogP contribution is 2.31. The minimum absolute atomic E-state index is 0.0520. The number of amides is 1. The fourth-order valence-electron chi connectivity index (χ4n) is 3.75. The number of halogens is 3. The van der Waals surface area contributed by atoms with Crippen LogP contribution in [0.15, 0.2) is 48.8 Å². The highest BCUT2D eigenvalue weighted by atomic mass is 35.5. The van der Waals surface area contributed by atoms with Crippen LogP contribution >= 0.6 is 23.2 Å². The van der Waals surface area contributed by atoms with Gasteiger partial charge < -0.3 is 9.64 Å². The van der Waals surface area contributed by atoms with Gasteiger partial charge in [-0.1, -0.05) is 23.2 Å². The fourth-order valence-corrected chi connectivity index (χ4v) is 4.17. The first kappa shape index (κ1) is 23.1. The number of aromatic nitrogens is 4. The molecule has 1 atom stereocenters. The second kappa shape index (κ2) is 10.3. The van der Waals surface area contributed by atoms with Crippen molar-refractivity contribution >= 4 is 35.1 Å². The van der Waals surface area contributed by atoms with E-state index in [-0.39, 0.29) is 24.1 Å². The number of hydrogen-bond acceptors (Lipinski definition) is 6. The van der Waals surface area contributed by atoms with E-state index in [1.807, 2.05) is 0 Å². The third-order valence-electron chi connectivity index (χ3n) is 5.52. The van der Waals surface area contributed by atoms with Crippen LogP contribution in [0.4, 0.5) is 9.18 Å². The average molecular weight is 492 g/mol. The van der Waals surface area contributed by atoms with Gasteiger partial charge in [0.25, 0.3) is 0 Å². The van der Waals surface area contributed by atoms with Crippen molar-refractivity contribution in [3.05, 3.63) is 75.8 Å². The first-order valence-electron chi connectivity index (χ1n) is 10.3. The van der Waals surface area contributed by atoms with Crippen molar-refractivity contribution in [3.8, 4) is 0 Å². The summed E-state index contributed by atoms with van der Waals surface area (Å²) in [6.45, 7) is 0.813. The number of nitrogens with zero attached hydrogens (tertiary/aromatic N) is 5. The number of ketones is 1. The molecule has 33 heavy (non-hydrogen) atoms. The normalized spacial score (nSPS) is 15.3. The predicted molar refractivity (Wildman–Crippen MR) is 119 cm³/mol. The third kappa shape index (κ3) is 5.66. The number of carbonyl (C=O) groups excluding carboxylic acids is 2. The van der Waals surface area contributed by atoms with Crippen LogP contribution in [-0.4, -0.2) is 50.1 Å². The number of carbonyl (C=O) groups is 2. The molecule has 1 unspecified atom stereocenters. The van der Waals surface area contributed by atoms with Crippen molar-refractivity contribution in [3.63, 3.8) is 0 Å². The van der Waals surface area contributed by atoms with Crippen LogP contribution in [0.2, 0.25) is 10.0 Å². The van der Waals surface area contributed by atoms with E-state index in [1.165, 1.54) is 35.4 Å². The summed E-state index contributed by atoms with van der Waals surface area (Å²) in [6, 6.07) is 10.4. The highest BCUT2D eigenvalue weighted by Gasteiger charge is 2.31. The Kier molecular flexibility index (Phi) is 7.20. The van der Waals surface area contributed by atoms with Crippen molar-refractivity contribution in [2.45, 2.75) is 25.5 Å². The molecule has 8 nitrogen and oxygen atoms in total. The van der Waals surface area contributed by atoms with E-state index >= 15 is 0 Å². The van der Waals surface area contributed by atoms with Crippen molar-refractivity contribution in [1.29, 1.82) is 0 Å². The van der Waals surface area contributed by atoms with Gasteiger partial charge in [0, 0.05) is 40.2 Å². The summed E-state index contributed by atoms with van der Waals surface area (Å²) in [5.41, 5.74) is 0.990. The number of piperidine rings is 1. The van der Waals surface area contributed by atoms with E-state index in [9.17, 15) is 14.0 Å². The quantitative estimate of drug-likeness (QED) is 0.468. The Hall–Kier alpha value is -3.04. The minimum atomic E-state index is -0.795. The lowest BCUT2D eigenvalue weighted by atomic mass is 9.89. The predicted octanol–water partition coefficient (Wildman–Crippen LogP) is 4.59. The van der Waals surface area contributed by atoms with Crippen LogP contribution in [0.5, 0.6) is 0 Å². The van der Waals surface area contributed by atoms with Crippen LogP contribution in [0.25, 0.3) is 0 Å². The summed E-state index contributed by atoms with van der Waals surface area (Å²) in [4.78, 5) is 28.5. The number of likely N-dealkylation sites (tertiary alicyclic amines) is 1. The summed E-state index contributed by atoms with van der Waals surface area (Å²) in [6.07, 6.45) is 0.915. The Balaban J connectivity index is 1.41. The Bertz CT molecular complexity index is 1120. The van der Waals surface area contributed by atoms with Gasteiger partial charge in [-0.2, -0.15) is 4.80 Å². The minimum Gasteiger partial charge on any atom is -0.439 e. The summed E-state index contributed by atoms with van der Waals surface area (Å²) in [5.74, 6) is -0.680. The number of tetrazole rings is 1. The van der Waals surface area contributed by atoms with Gasteiger partial charge >= 0.3 is 6.09 Å². The van der Waals surface area contributed by atoms with E-state index < -0.39 is 12.2 Å². The molecule has 1 saturated heterocycles. The van der Waals surface area contributed by atoms with Crippen molar-refractivity contribution in [2.24, 2.45) is 5.92 Å². The van der Waals surface area contributed by atoms with Gasteiger partial charge in [0.1, 0.15) is 12.4 Å². The second-order valence-corrected chi connectivity index (χ2v) is 8.51. The molecule has 3 aromatic rings. The molecule has 11 heteroatoms. The zero-order valence-electron chi connectivity index (χ0n) is 17.4. The number of Topliss-reactive ketones (excluding diaryl/α,β-unsaturated/α-hetero) is 1. The molecule has 4 rings (SSSR count). The van der Waals surface area contributed by atoms with Gasteiger partial charge in [-0.3, -0.25) is 4.79 Å². The molecule has 1 fully saturated rings. The number of benzene rings is 2. The molecule has 0 aliphatic carbocycles. The van der Waals surface area contributed by atoms with Crippen LogP contribution in [0.3, 0.4) is 0 Å². The largest absolute Gasteiger partial charge is 0.439 e. The zero-order chi connectivity index (χ0) is 23.4. The Morgan fingerprint density at radius 3 is 2.52 bits per heavy atom. The molecule has 1 aliphatic rings. The van der Waals surface area contributed by atoms with Gasteiger partial charge in [0.15, 0.2) is 18.2 Å². The van der Waals surface area contributed by atoms with E-state index in [2.05, 4.69) is 15.4 Å². The summed E-state index contributed by atoms with van der Waals surface area (Å²) in [7, 11) is 0. The Morgan fingerprint density at radius 2 is 1.85 bits per heavy atom. The summed E-state index contributed by atoms with van der Waals surface area (Å²) >= 11 is 12.5. The SMILES string of the molecule is O=C(c1ccc(F)cc1)C1CCN(C(=O)OC(Cn2ncnn2)c2cc(Cl)ccc2Cl)CC1. The Labute approximate surface area is 199 Å². The van der Waals surface area contributed by atoms with E-state index in [0.29, 0.717) is 47.1 Å². The third-order valence-corrected chi connectivity index (χ3v) is 6.10. The molecule has 0 spiro atoms. The molecular weight excluding hydrogens is 472 g/mol. The molecule has 0 bridgehead atoms. The van der Waals surface area contributed by atoms with Gasteiger partial charge in [0.05, 0.1) is 0 Å². The molecule has 1 amide bonds. The molecule has 0 radical (unpaired) electrons. The number of rotatable bonds is 6. The van der Waals surface area contributed by atoms with Crippen LogP contribution in [-0.2, 0) is 11.3 Å². The lowest BCUT2D eigenvalue weighted by Gasteiger charge is -2.32. The van der Waals surface area contributed by atoms with Crippen molar-refractivity contribution in [2.75, 3.05) is 13.1 Å². The van der Waals surface area contributed by atoms with Gasteiger partial charge in [-0.25, -0.2) is 9.18 Å². The van der Waals surface area contributed by atoms with Crippen LogP contribution < -0.4 is 0 Å². The van der Waals surface area contributed by atoms with Crippen LogP contribution in [0, 0.1) is 11.7 Å². The molecule has 0 saturated carbocycles. The first-order chi connectivity index (χ1) is 15.9. The van der Waals surface area contributed by atoms with Crippen molar-refractivity contribution in [1.82, 2.24) is 25.1 Å². The fraction of sp³-hybridized carbons (Fsp3) is 0.318. The van der Waals surface area contributed by atoms with Crippen molar-refractivity contribution < 1.29 is 18.7 Å². The maximum Gasteiger partial charge on any atom is 0.410 e. The molecule has 2 heterocycles. The lowest BCUT2D eigenvalue weighted by molar-refractivity contribution is 0.0408. The smallest absolute Gasteiger partial charge is 0.410 e. The topological polar surface area (TPSA) is 90.2 Å². The molecular formula is C22H20Cl2FN5O3. The van der Waals surface area contributed by atoms with E-state index in [0.717, 1.165) is 0 Å². The lowest BCUT2D eigenvalue weighted by Crippen LogP contribution is -2.41. The highest BCUT2D eigenvalue weighted by molar-refractivity contribution is 6.33. The molecule has 1 aromatic heterocycles. The van der Waals surface area contributed by atoms with E-state index in [1.54, 1.807) is 23.1 Å². The first-order valence-corrected chi connectivity index (χ1v) is 11.1. The van der Waals surface area contributed by atoms with Gasteiger partial charge in [-0.15, -0.1) is 10.2 Å². The summed E-state index contributed by atoms with van der Waals surface area (Å²) < 4.78 is 18.9. The molecule has 1 aliphatic heterocycles. The standard InChI is InChI=1S/C22H20Cl2FN5O3/c23-16-3-6-19(24)18(11-16)20(12-30-27-13-26-28-30)33-22(32)29-9-7-15(8-10-29)21(31)14-1-4-17(25)5-2-14/h1-6,11,13,15,20H,7-10,12H2. The van der Waals surface area contributed by atoms with Crippen LogP contribution in [0.1, 0.15) is 34.9 Å². The zero-order valence-corrected chi connectivity index (χ0v) is 18.9. The van der Waals surface area contributed by atoms with E-state index in [4.69, 9.17) is 27.9 Å². The molecule has 2 aromatic carbocycles. The maximum atomic E-state index is 13.1. The van der Waals surface area contributed by atoms with Gasteiger partial charge in [-0.05, 0) is 60.5 Å². The maximum absolute atomic E-state index is 13.1. The molecule has 172 valence electrons. The Morgan fingerprint density at radius 1 is 1.12 bits per heavy atom. The number of hydrogen-bond donors (Lipinski definition) is 0. The second-order valence-electron chi connectivity index (χ2n) is 7.66. The summed E-state index contributed by atoms with van der Waals surface area (Å²) in [5, 5.41) is 12.3.